The van der Waals surface area contributed by atoms with Crippen molar-refractivity contribution in [3.8, 4) is 11.1 Å². The molecule has 25 heavy (non-hydrogen) atoms. The van der Waals surface area contributed by atoms with Crippen LogP contribution in [0, 0.1) is 0 Å². The van der Waals surface area contributed by atoms with Crippen molar-refractivity contribution < 1.29 is 19.4 Å². The summed E-state index contributed by atoms with van der Waals surface area (Å²) >= 11 is 6.13. The Hall–Kier alpha value is -2.92. The molecule has 2 aromatic carbocycles. The summed E-state index contributed by atoms with van der Waals surface area (Å²) in [6.45, 7) is 0. The van der Waals surface area contributed by atoms with E-state index in [1.807, 2.05) is 30.3 Å². The minimum absolute atomic E-state index is 0.144. The average molecular weight is 356 g/mol. The topological polar surface area (TPSA) is 76.5 Å². The van der Waals surface area contributed by atoms with E-state index in [0.29, 0.717) is 21.5 Å². The van der Waals surface area contributed by atoms with Gasteiger partial charge in [-0.25, -0.2) is 4.79 Å². The standard InChI is InChI=1S/C19H14ClNO4/c1-25-19(24)18-15(10-16(22)23)21-14-8-7-12(20)9-13(14)17(18)11-5-3-2-4-6-11/h2-9H,10H2,1H3,(H,22,23). The van der Waals surface area contributed by atoms with Crippen LogP contribution in [0.25, 0.3) is 22.0 Å². The summed E-state index contributed by atoms with van der Waals surface area (Å²) in [5, 5.41) is 10.4. The molecule has 1 aromatic heterocycles. The van der Waals surface area contributed by atoms with Crippen molar-refractivity contribution in [3.05, 3.63) is 64.8 Å². The lowest BCUT2D eigenvalue weighted by Gasteiger charge is -2.15. The highest BCUT2D eigenvalue weighted by molar-refractivity contribution is 6.31. The van der Waals surface area contributed by atoms with Gasteiger partial charge in [0.25, 0.3) is 0 Å². The van der Waals surface area contributed by atoms with Gasteiger partial charge >= 0.3 is 11.9 Å². The normalized spacial score (nSPS) is 10.6. The number of halogens is 1. The van der Waals surface area contributed by atoms with Crippen LogP contribution in [-0.4, -0.2) is 29.1 Å². The van der Waals surface area contributed by atoms with E-state index in [9.17, 15) is 14.7 Å². The zero-order chi connectivity index (χ0) is 18.0. The van der Waals surface area contributed by atoms with Crippen LogP contribution in [0.4, 0.5) is 0 Å². The van der Waals surface area contributed by atoms with Crippen molar-refractivity contribution >= 4 is 34.4 Å². The van der Waals surface area contributed by atoms with Gasteiger partial charge in [0.2, 0.25) is 0 Å². The monoisotopic (exact) mass is 355 g/mol. The zero-order valence-electron chi connectivity index (χ0n) is 13.3. The minimum atomic E-state index is -1.08. The number of carbonyl (C=O) groups is 2. The van der Waals surface area contributed by atoms with Crippen LogP contribution in [-0.2, 0) is 16.0 Å². The second-order valence-electron chi connectivity index (χ2n) is 5.40. The molecule has 0 fully saturated rings. The summed E-state index contributed by atoms with van der Waals surface area (Å²) in [6, 6.07) is 14.3. The highest BCUT2D eigenvalue weighted by Gasteiger charge is 2.24. The first-order valence-electron chi connectivity index (χ1n) is 7.49. The molecule has 0 aliphatic heterocycles. The van der Waals surface area contributed by atoms with Crippen molar-refractivity contribution in [3.63, 3.8) is 0 Å². The highest BCUT2D eigenvalue weighted by atomic mass is 35.5. The van der Waals surface area contributed by atoms with Crippen LogP contribution >= 0.6 is 11.6 Å². The Bertz CT molecular complexity index is 970. The molecule has 0 saturated carbocycles. The third kappa shape index (κ3) is 3.32. The molecule has 0 unspecified atom stereocenters. The first-order valence-corrected chi connectivity index (χ1v) is 7.86. The van der Waals surface area contributed by atoms with Gasteiger partial charge in [0.15, 0.2) is 0 Å². The van der Waals surface area contributed by atoms with Crippen molar-refractivity contribution in [1.82, 2.24) is 4.98 Å². The summed E-state index contributed by atoms with van der Waals surface area (Å²) in [7, 11) is 1.25. The maximum absolute atomic E-state index is 12.5. The fraction of sp³-hybridized carbons (Fsp3) is 0.105. The Morgan fingerprint density at radius 2 is 1.88 bits per heavy atom. The molecule has 0 spiro atoms. The van der Waals surface area contributed by atoms with Crippen LogP contribution in [0.1, 0.15) is 16.1 Å². The smallest absolute Gasteiger partial charge is 0.340 e. The number of hydrogen-bond donors (Lipinski definition) is 1. The molecule has 6 heteroatoms. The lowest BCUT2D eigenvalue weighted by Crippen LogP contribution is -2.14. The quantitative estimate of drug-likeness (QED) is 0.716. The molecule has 1 heterocycles. The van der Waals surface area contributed by atoms with Crippen LogP contribution in [0.5, 0.6) is 0 Å². The SMILES string of the molecule is COC(=O)c1c(CC(=O)O)nc2ccc(Cl)cc2c1-c1ccccc1. The molecule has 0 saturated heterocycles. The number of aliphatic carboxylic acids is 1. The number of fused-ring (bicyclic) bond motifs is 1. The number of methoxy groups -OCH3 is 1. The number of carbonyl (C=O) groups excluding carboxylic acids is 1. The van der Waals surface area contributed by atoms with E-state index in [2.05, 4.69) is 4.98 Å². The van der Waals surface area contributed by atoms with Crippen LogP contribution < -0.4 is 0 Å². The van der Waals surface area contributed by atoms with E-state index in [1.54, 1.807) is 18.2 Å². The van der Waals surface area contributed by atoms with Crippen molar-refractivity contribution in [2.45, 2.75) is 6.42 Å². The van der Waals surface area contributed by atoms with E-state index in [0.717, 1.165) is 5.56 Å². The summed E-state index contributed by atoms with van der Waals surface area (Å²) in [5.41, 5.74) is 2.19. The van der Waals surface area contributed by atoms with Gasteiger partial charge in [-0.15, -0.1) is 0 Å². The molecule has 0 bridgehead atoms. The maximum atomic E-state index is 12.5. The molecular weight excluding hydrogens is 342 g/mol. The first-order chi connectivity index (χ1) is 12.0. The molecule has 0 atom stereocenters. The lowest BCUT2D eigenvalue weighted by molar-refractivity contribution is -0.136. The number of benzene rings is 2. The highest BCUT2D eigenvalue weighted by Crippen LogP contribution is 2.35. The number of esters is 1. The Labute approximate surface area is 148 Å². The molecule has 0 aliphatic carbocycles. The lowest BCUT2D eigenvalue weighted by atomic mass is 9.93. The molecule has 3 aromatic rings. The predicted molar refractivity (Wildman–Crippen MR) is 94.9 cm³/mol. The third-order valence-electron chi connectivity index (χ3n) is 3.79. The van der Waals surface area contributed by atoms with Crippen LogP contribution in [0.15, 0.2) is 48.5 Å². The number of hydrogen-bond acceptors (Lipinski definition) is 4. The number of ether oxygens (including phenoxy) is 1. The summed E-state index contributed by atoms with van der Waals surface area (Å²) in [4.78, 5) is 28.1. The average Bonchev–Trinajstić information content (AvgIpc) is 2.60. The molecule has 0 radical (unpaired) electrons. The van der Waals surface area contributed by atoms with E-state index < -0.39 is 11.9 Å². The first kappa shape index (κ1) is 16.9. The summed E-state index contributed by atoms with van der Waals surface area (Å²) in [6.07, 6.45) is -0.386. The van der Waals surface area contributed by atoms with Crippen molar-refractivity contribution in [2.24, 2.45) is 0 Å². The molecule has 0 amide bonds. The van der Waals surface area contributed by atoms with Gasteiger partial charge in [-0.05, 0) is 23.8 Å². The summed E-state index contributed by atoms with van der Waals surface area (Å²) < 4.78 is 4.89. The van der Waals surface area contributed by atoms with E-state index in [4.69, 9.17) is 16.3 Å². The van der Waals surface area contributed by atoms with Gasteiger partial charge in [-0.3, -0.25) is 9.78 Å². The van der Waals surface area contributed by atoms with E-state index in [1.165, 1.54) is 7.11 Å². The van der Waals surface area contributed by atoms with Crippen molar-refractivity contribution in [1.29, 1.82) is 0 Å². The van der Waals surface area contributed by atoms with E-state index >= 15 is 0 Å². The Morgan fingerprint density at radius 3 is 2.52 bits per heavy atom. The molecular formula is C19H14ClNO4. The van der Waals surface area contributed by atoms with Gasteiger partial charge in [0.05, 0.1) is 30.3 Å². The molecule has 126 valence electrons. The number of nitrogens with zero attached hydrogens (tertiary/aromatic N) is 1. The fourth-order valence-electron chi connectivity index (χ4n) is 2.78. The second kappa shape index (κ2) is 6.91. The van der Waals surface area contributed by atoms with Gasteiger partial charge in [0, 0.05) is 16.0 Å². The number of rotatable bonds is 4. The van der Waals surface area contributed by atoms with Gasteiger partial charge in [-0.1, -0.05) is 41.9 Å². The van der Waals surface area contributed by atoms with Gasteiger partial charge in [-0.2, -0.15) is 0 Å². The Morgan fingerprint density at radius 1 is 1.16 bits per heavy atom. The molecule has 0 aliphatic rings. The molecule has 5 nitrogen and oxygen atoms in total. The van der Waals surface area contributed by atoms with Gasteiger partial charge < -0.3 is 9.84 Å². The Balaban J connectivity index is 2.46. The van der Waals surface area contributed by atoms with Crippen molar-refractivity contribution in [2.75, 3.05) is 7.11 Å². The molecule has 1 N–H and O–H groups in total. The number of pyridine rings is 1. The minimum Gasteiger partial charge on any atom is -0.481 e. The maximum Gasteiger partial charge on any atom is 0.340 e. The Kier molecular flexibility index (Phi) is 4.67. The van der Waals surface area contributed by atoms with Gasteiger partial charge in [0.1, 0.15) is 0 Å². The fourth-order valence-corrected chi connectivity index (χ4v) is 2.96. The largest absolute Gasteiger partial charge is 0.481 e. The summed E-state index contributed by atoms with van der Waals surface area (Å²) in [5.74, 6) is -1.71. The van der Waals surface area contributed by atoms with Crippen LogP contribution in [0.3, 0.4) is 0 Å². The second-order valence-corrected chi connectivity index (χ2v) is 5.83. The van der Waals surface area contributed by atoms with Crippen LogP contribution in [0.2, 0.25) is 5.02 Å². The number of aromatic nitrogens is 1. The number of carboxylic acids is 1. The number of carboxylic acid groups (broad SMARTS) is 1. The van der Waals surface area contributed by atoms with E-state index in [-0.39, 0.29) is 17.7 Å². The third-order valence-corrected chi connectivity index (χ3v) is 4.03. The molecule has 3 rings (SSSR count). The zero-order valence-corrected chi connectivity index (χ0v) is 14.1. The predicted octanol–water partition coefficient (Wildman–Crippen LogP) is 3.97.